The van der Waals surface area contributed by atoms with Gasteiger partial charge in [-0.05, 0) is 38.0 Å². The molecule has 2 heteroatoms. The molecular weight excluding hydrogens is 246 g/mol. The molecule has 0 aromatic heterocycles. The first-order chi connectivity index (χ1) is 9.49. The van der Waals surface area contributed by atoms with Crippen LogP contribution in [0.4, 0.5) is 0 Å². The molecule has 0 bridgehead atoms. The Bertz CT molecular complexity index is 234. The highest BCUT2D eigenvalue weighted by Crippen LogP contribution is 2.20. The molecule has 1 aliphatic rings. The molecule has 0 aromatic rings. The molecule has 1 aliphatic heterocycles. The SMILES string of the molecule is CC(C)CCCC(C)CCCC(C)N1CCC(O)CC1. The van der Waals surface area contributed by atoms with Crippen molar-refractivity contribution in [2.75, 3.05) is 13.1 Å². The molecule has 0 spiro atoms. The highest BCUT2D eigenvalue weighted by atomic mass is 16.3. The standard InChI is InChI=1S/C18H37NO/c1-15(2)7-5-8-16(3)9-6-10-17(4)19-13-11-18(20)12-14-19/h15-18,20H,5-14H2,1-4H3. The Balaban J connectivity index is 2.04. The lowest BCUT2D eigenvalue weighted by Crippen LogP contribution is -2.41. The Morgan fingerprint density at radius 2 is 1.45 bits per heavy atom. The molecule has 20 heavy (non-hydrogen) atoms. The molecule has 120 valence electrons. The largest absolute Gasteiger partial charge is 0.393 e. The molecule has 1 saturated heterocycles. The van der Waals surface area contributed by atoms with E-state index in [1.165, 1.54) is 38.5 Å². The van der Waals surface area contributed by atoms with Gasteiger partial charge in [0.15, 0.2) is 0 Å². The van der Waals surface area contributed by atoms with Gasteiger partial charge in [-0.3, -0.25) is 0 Å². The van der Waals surface area contributed by atoms with Crippen LogP contribution < -0.4 is 0 Å². The minimum atomic E-state index is -0.0422. The number of nitrogens with zero attached hydrogens (tertiary/aromatic N) is 1. The highest BCUT2D eigenvalue weighted by molar-refractivity contribution is 4.75. The van der Waals surface area contributed by atoms with Crippen LogP contribution in [0.3, 0.4) is 0 Å². The number of piperidine rings is 1. The van der Waals surface area contributed by atoms with Gasteiger partial charge in [0.05, 0.1) is 6.10 Å². The molecule has 1 heterocycles. The molecule has 0 radical (unpaired) electrons. The molecule has 2 atom stereocenters. The first kappa shape index (κ1) is 18.0. The van der Waals surface area contributed by atoms with E-state index in [9.17, 15) is 5.11 Å². The second-order valence-corrected chi connectivity index (χ2v) is 7.48. The molecule has 1 rings (SSSR count). The van der Waals surface area contributed by atoms with Crippen LogP contribution in [-0.4, -0.2) is 35.2 Å². The van der Waals surface area contributed by atoms with Crippen molar-refractivity contribution in [2.45, 2.75) is 91.2 Å². The Morgan fingerprint density at radius 1 is 0.900 bits per heavy atom. The van der Waals surface area contributed by atoms with Crippen LogP contribution in [0.5, 0.6) is 0 Å². The van der Waals surface area contributed by atoms with Crippen molar-refractivity contribution in [3.05, 3.63) is 0 Å². The smallest absolute Gasteiger partial charge is 0.0564 e. The summed E-state index contributed by atoms with van der Waals surface area (Å²) in [5.41, 5.74) is 0. The summed E-state index contributed by atoms with van der Waals surface area (Å²) in [6, 6.07) is 0.699. The van der Waals surface area contributed by atoms with Gasteiger partial charge in [0.2, 0.25) is 0 Å². The quantitative estimate of drug-likeness (QED) is 0.675. The van der Waals surface area contributed by atoms with Crippen LogP contribution in [0.1, 0.15) is 79.1 Å². The molecule has 0 aliphatic carbocycles. The van der Waals surface area contributed by atoms with E-state index in [4.69, 9.17) is 0 Å². The third kappa shape index (κ3) is 7.64. The summed E-state index contributed by atoms with van der Waals surface area (Å²) in [4.78, 5) is 2.57. The van der Waals surface area contributed by atoms with Crippen molar-refractivity contribution in [1.82, 2.24) is 4.90 Å². The lowest BCUT2D eigenvalue weighted by Gasteiger charge is -2.34. The van der Waals surface area contributed by atoms with E-state index in [-0.39, 0.29) is 6.10 Å². The molecule has 1 fully saturated rings. The summed E-state index contributed by atoms with van der Waals surface area (Å²) in [6.07, 6.45) is 10.2. The lowest BCUT2D eigenvalue weighted by molar-refractivity contribution is 0.0619. The van der Waals surface area contributed by atoms with Crippen LogP contribution in [0.2, 0.25) is 0 Å². The minimum absolute atomic E-state index is 0.0422. The second-order valence-electron chi connectivity index (χ2n) is 7.48. The van der Waals surface area contributed by atoms with E-state index in [1.807, 2.05) is 0 Å². The highest BCUT2D eigenvalue weighted by Gasteiger charge is 2.20. The van der Waals surface area contributed by atoms with Gasteiger partial charge in [-0.15, -0.1) is 0 Å². The van der Waals surface area contributed by atoms with E-state index < -0.39 is 0 Å². The van der Waals surface area contributed by atoms with Gasteiger partial charge in [0.25, 0.3) is 0 Å². The van der Waals surface area contributed by atoms with Crippen LogP contribution in [0.15, 0.2) is 0 Å². The van der Waals surface area contributed by atoms with Gasteiger partial charge >= 0.3 is 0 Å². The first-order valence-electron chi connectivity index (χ1n) is 8.91. The van der Waals surface area contributed by atoms with Crippen LogP contribution in [0.25, 0.3) is 0 Å². The van der Waals surface area contributed by atoms with Crippen LogP contribution in [0, 0.1) is 11.8 Å². The normalized spacial score (nSPS) is 21.3. The van der Waals surface area contributed by atoms with Gasteiger partial charge in [-0.2, -0.15) is 0 Å². The number of rotatable bonds is 9. The Kier molecular flexibility index (Phi) is 8.79. The van der Waals surface area contributed by atoms with E-state index >= 15 is 0 Å². The first-order valence-corrected chi connectivity index (χ1v) is 8.91. The summed E-state index contributed by atoms with van der Waals surface area (Å²) in [7, 11) is 0. The summed E-state index contributed by atoms with van der Waals surface area (Å²) in [5, 5.41) is 9.55. The van der Waals surface area contributed by atoms with Crippen molar-refractivity contribution < 1.29 is 5.11 Å². The second kappa shape index (κ2) is 9.78. The van der Waals surface area contributed by atoms with Crippen LogP contribution >= 0.6 is 0 Å². The topological polar surface area (TPSA) is 23.5 Å². The number of hydrogen-bond donors (Lipinski definition) is 1. The van der Waals surface area contributed by atoms with Crippen molar-refractivity contribution in [1.29, 1.82) is 0 Å². The maximum atomic E-state index is 9.55. The zero-order valence-electron chi connectivity index (χ0n) is 14.3. The van der Waals surface area contributed by atoms with Crippen molar-refractivity contribution in [2.24, 2.45) is 11.8 Å². The minimum Gasteiger partial charge on any atom is -0.393 e. The number of aliphatic hydroxyl groups excluding tert-OH is 1. The van der Waals surface area contributed by atoms with Gasteiger partial charge in [-0.1, -0.05) is 52.9 Å². The molecule has 0 aromatic carbocycles. The molecule has 1 N–H and O–H groups in total. The fraction of sp³-hybridized carbons (Fsp3) is 1.00. The maximum absolute atomic E-state index is 9.55. The summed E-state index contributed by atoms with van der Waals surface area (Å²) < 4.78 is 0. The zero-order chi connectivity index (χ0) is 15.0. The van der Waals surface area contributed by atoms with Crippen molar-refractivity contribution in [3.63, 3.8) is 0 Å². The Hall–Kier alpha value is -0.0800. The van der Waals surface area contributed by atoms with Crippen LogP contribution in [-0.2, 0) is 0 Å². The number of aliphatic hydroxyl groups is 1. The van der Waals surface area contributed by atoms with E-state index in [0.29, 0.717) is 6.04 Å². The van der Waals surface area contributed by atoms with E-state index in [2.05, 4.69) is 32.6 Å². The number of hydrogen-bond acceptors (Lipinski definition) is 2. The average molecular weight is 284 g/mol. The predicted molar refractivity (Wildman–Crippen MR) is 88.0 cm³/mol. The molecule has 0 saturated carbocycles. The third-order valence-electron chi connectivity index (χ3n) is 4.92. The fourth-order valence-corrected chi connectivity index (χ4v) is 3.29. The van der Waals surface area contributed by atoms with Gasteiger partial charge < -0.3 is 10.0 Å². The Morgan fingerprint density at radius 3 is 2.00 bits per heavy atom. The third-order valence-corrected chi connectivity index (χ3v) is 4.92. The lowest BCUT2D eigenvalue weighted by atomic mass is 9.94. The average Bonchev–Trinajstić information content (AvgIpc) is 2.39. The molecule has 2 unspecified atom stereocenters. The monoisotopic (exact) mass is 283 g/mol. The van der Waals surface area contributed by atoms with Gasteiger partial charge in [0.1, 0.15) is 0 Å². The summed E-state index contributed by atoms with van der Waals surface area (Å²) in [6.45, 7) is 11.6. The van der Waals surface area contributed by atoms with E-state index in [1.54, 1.807) is 0 Å². The van der Waals surface area contributed by atoms with E-state index in [0.717, 1.165) is 37.8 Å². The Labute approximate surface area is 126 Å². The van der Waals surface area contributed by atoms with Crippen molar-refractivity contribution >= 4 is 0 Å². The zero-order valence-corrected chi connectivity index (χ0v) is 14.3. The van der Waals surface area contributed by atoms with Gasteiger partial charge in [-0.25, -0.2) is 0 Å². The van der Waals surface area contributed by atoms with Gasteiger partial charge in [0, 0.05) is 19.1 Å². The maximum Gasteiger partial charge on any atom is 0.0564 e. The fourth-order valence-electron chi connectivity index (χ4n) is 3.29. The molecule has 2 nitrogen and oxygen atoms in total. The molecular formula is C18H37NO. The predicted octanol–water partition coefficient (Wildman–Crippen LogP) is 4.46. The summed E-state index contributed by atoms with van der Waals surface area (Å²) >= 11 is 0. The molecule has 0 amide bonds. The number of likely N-dealkylation sites (tertiary alicyclic amines) is 1. The summed E-state index contributed by atoms with van der Waals surface area (Å²) in [5.74, 6) is 1.75. The van der Waals surface area contributed by atoms with Crippen molar-refractivity contribution in [3.8, 4) is 0 Å².